The number of amides is 2. The molecule has 2 amide bonds. The molecule has 152 valence electrons. The van der Waals surface area contributed by atoms with Crippen molar-refractivity contribution in [1.82, 2.24) is 15.1 Å². The summed E-state index contributed by atoms with van der Waals surface area (Å²) in [5.74, 6) is 1.55. The molecule has 1 N–H and O–H groups in total. The molecule has 3 saturated heterocycles. The van der Waals surface area contributed by atoms with Gasteiger partial charge >= 0.3 is 0 Å². The highest BCUT2D eigenvalue weighted by molar-refractivity contribution is 5.94. The molecule has 0 spiro atoms. The van der Waals surface area contributed by atoms with E-state index < -0.39 is 0 Å². The van der Waals surface area contributed by atoms with Crippen LogP contribution in [0.1, 0.15) is 54.4 Å². The molecule has 5 heteroatoms. The second-order valence-corrected chi connectivity index (χ2v) is 8.94. The molecule has 2 bridgehead atoms. The molecule has 3 fully saturated rings. The van der Waals surface area contributed by atoms with E-state index in [0.717, 1.165) is 69.5 Å². The predicted octanol–water partition coefficient (Wildman–Crippen LogP) is 2.84. The van der Waals surface area contributed by atoms with Gasteiger partial charge in [0.05, 0.1) is 0 Å². The van der Waals surface area contributed by atoms with Crippen LogP contribution in [-0.4, -0.2) is 60.4 Å². The Bertz CT molecular complexity index is 714. The fourth-order valence-corrected chi connectivity index (χ4v) is 5.23. The monoisotopic (exact) mass is 383 g/mol. The number of fused-ring (bicyclic) bond motifs is 2. The molecule has 0 aliphatic carbocycles. The molecule has 3 aliphatic rings. The lowest BCUT2D eigenvalue weighted by Crippen LogP contribution is -2.57. The van der Waals surface area contributed by atoms with Crippen molar-refractivity contribution < 1.29 is 9.59 Å². The van der Waals surface area contributed by atoms with Crippen LogP contribution in [0.2, 0.25) is 0 Å². The minimum Gasteiger partial charge on any atom is -0.343 e. The van der Waals surface area contributed by atoms with Crippen molar-refractivity contribution in [3.8, 4) is 0 Å². The van der Waals surface area contributed by atoms with Crippen LogP contribution < -0.4 is 5.32 Å². The van der Waals surface area contributed by atoms with E-state index in [-0.39, 0.29) is 5.91 Å². The second kappa shape index (κ2) is 8.64. The van der Waals surface area contributed by atoms with Crippen molar-refractivity contribution in [3.05, 3.63) is 35.4 Å². The second-order valence-electron chi connectivity index (χ2n) is 8.94. The van der Waals surface area contributed by atoms with Crippen molar-refractivity contribution in [2.24, 2.45) is 11.8 Å². The Morgan fingerprint density at radius 3 is 2.75 bits per heavy atom. The zero-order valence-corrected chi connectivity index (χ0v) is 17.0. The van der Waals surface area contributed by atoms with Gasteiger partial charge < -0.3 is 15.1 Å². The molecule has 3 unspecified atom stereocenters. The van der Waals surface area contributed by atoms with Crippen molar-refractivity contribution in [2.75, 3.05) is 32.7 Å². The van der Waals surface area contributed by atoms with E-state index in [0.29, 0.717) is 30.2 Å². The third-order valence-electron chi connectivity index (χ3n) is 6.72. The average molecular weight is 384 g/mol. The quantitative estimate of drug-likeness (QED) is 0.851. The van der Waals surface area contributed by atoms with E-state index in [4.69, 9.17) is 0 Å². The molecule has 0 radical (unpaired) electrons. The highest BCUT2D eigenvalue weighted by atomic mass is 16.2. The molecule has 4 rings (SSSR count). The summed E-state index contributed by atoms with van der Waals surface area (Å²) in [5.41, 5.74) is 1.94. The molecule has 3 aliphatic heterocycles. The molecule has 5 nitrogen and oxygen atoms in total. The molecule has 3 atom stereocenters. The van der Waals surface area contributed by atoms with Crippen LogP contribution in [0.25, 0.3) is 0 Å². The first-order chi connectivity index (χ1) is 13.6. The zero-order chi connectivity index (χ0) is 19.5. The zero-order valence-electron chi connectivity index (χ0n) is 17.0. The molecule has 28 heavy (non-hydrogen) atoms. The summed E-state index contributed by atoms with van der Waals surface area (Å²) < 4.78 is 0. The van der Waals surface area contributed by atoms with E-state index in [1.807, 2.05) is 36.1 Å². The lowest BCUT2D eigenvalue weighted by molar-refractivity contribution is -0.130. The summed E-state index contributed by atoms with van der Waals surface area (Å²) >= 11 is 0. The number of hydrogen-bond donors (Lipinski definition) is 1. The maximum Gasteiger partial charge on any atom is 0.253 e. The average Bonchev–Trinajstić information content (AvgIpc) is 3.24. The summed E-state index contributed by atoms with van der Waals surface area (Å²) in [6.45, 7) is 6.60. The van der Waals surface area contributed by atoms with Crippen LogP contribution in [0.5, 0.6) is 0 Å². The first-order valence-corrected chi connectivity index (χ1v) is 11.0. The lowest BCUT2D eigenvalue weighted by Gasteiger charge is -2.46. The van der Waals surface area contributed by atoms with Gasteiger partial charge in [0, 0.05) is 44.2 Å². The number of aryl methyl sites for hydroxylation is 1. The van der Waals surface area contributed by atoms with Gasteiger partial charge in [0.2, 0.25) is 5.91 Å². The fourth-order valence-electron chi connectivity index (χ4n) is 5.23. The van der Waals surface area contributed by atoms with E-state index in [1.54, 1.807) is 0 Å². The molecule has 1 aromatic carbocycles. The number of nitrogens with zero attached hydrogens (tertiary/aromatic N) is 2. The van der Waals surface area contributed by atoms with Gasteiger partial charge in [-0.1, -0.05) is 17.7 Å². The largest absolute Gasteiger partial charge is 0.343 e. The van der Waals surface area contributed by atoms with Gasteiger partial charge in [-0.25, -0.2) is 0 Å². The Hall–Kier alpha value is -1.88. The normalized spacial score (nSPS) is 27.1. The van der Waals surface area contributed by atoms with Crippen LogP contribution in [0.4, 0.5) is 0 Å². The van der Waals surface area contributed by atoms with E-state index in [1.165, 1.54) is 6.42 Å². The Balaban J connectivity index is 1.31. The van der Waals surface area contributed by atoms with Crippen molar-refractivity contribution in [1.29, 1.82) is 0 Å². The van der Waals surface area contributed by atoms with E-state index in [2.05, 4.69) is 10.2 Å². The SMILES string of the molecule is Cc1cccc(C(=O)N2CC3CNC(CCCC(=O)N4CCCC4)C(C3)C2)c1. The lowest BCUT2D eigenvalue weighted by atomic mass is 9.78. The number of likely N-dealkylation sites (tertiary alicyclic amines) is 2. The van der Waals surface area contributed by atoms with Gasteiger partial charge in [0.1, 0.15) is 0 Å². The number of hydrogen-bond acceptors (Lipinski definition) is 3. The third-order valence-corrected chi connectivity index (χ3v) is 6.72. The maximum atomic E-state index is 13.0. The number of rotatable bonds is 5. The number of benzene rings is 1. The first-order valence-electron chi connectivity index (χ1n) is 11.0. The van der Waals surface area contributed by atoms with E-state index in [9.17, 15) is 9.59 Å². The topological polar surface area (TPSA) is 52.7 Å². The summed E-state index contributed by atoms with van der Waals surface area (Å²) in [7, 11) is 0. The smallest absolute Gasteiger partial charge is 0.253 e. The van der Waals surface area contributed by atoms with Gasteiger partial charge in [-0.3, -0.25) is 9.59 Å². The summed E-state index contributed by atoms with van der Waals surface area (Å²) in [6.07, 6.45) is 6.16. The van der Waals surface area contributed by atoms with Crippen LogP contribution in [0.3, 0.4) is 0 Å². The van der Waals surface area contributed by atoms with Crippen LogP contribution in [-0.2, 0) is 4.79 Å². The third kappa shape index (κ3) is 4.40. The van der Waals surface area contributed by atoms with Crippen LogP contribution in [0, 0.1) is 18.8 Å². The van der Waals surface area contributed by atoms with Gasteiger partial charge in [-0.05, 0) is 69.5 Å². The van der Waals surface area contributed by atoms with Crippen molar-refractivity contribution in [2.45, 2.75) is 51.5 Å². The van der Waals surface area contributed by atoms with Crippen molar-refractivity contribution >= 4 is 11.8 Å². The number of piperidine rings is 2. The summed E-state index contributed by atoms with van der Waals surface area (Å²) in [4.78, 5) is 29.4. The van der Waals surface area contributed by atoms with Crippen molar-refractivity contribution in [3.63, 3.8) is 0 Å². The summed E-state index contributed by atoms with van der Waals surface area (Å²) in [5, 5.41) is 3.71. The molecular formula is C23H33N3O2. The number of carbonyl (C=O) groups is 2. The molecule has 0 saturated carbocycles. The van der Waals surface area contributed by atoms with Gasteiger partial charge in [0.25, 0.3) is 5.91 Å². The van der Waals surface area contributed by atoms with E-state index >= 15 is 0 Å². The fraction of sp³-hybridized carbons (Fsp3) is 0.652. The van der Waals surface area contributed by atoms with Gasteiger partial charge in [0.15, 0.2) is 0 Å². The molecular weight excluding hydrogens is 350 g/mol. The highest BCUT2D eigenvalue weighted by Gasteiger charge is 2.38. The van der Waals surface area contributed by atoms with Gasteiger partial charge in [-0.15, -0.1) is 0 Å². The van der Waals surface area contributed by atoms with Gasteiger partial charge in [-0.2, -0.15) is 0 Å². The minimum absolute atomic E-state index is 0.170. The predicted molar refractivity (Wildman–Crippen MR) is 110 cm³/mol. The maximum absolute atomic E-state index is 13.0. The Morgan fingerprint density at radius 1 is 1.14 bits per heavy atom. The molecule has 1 aromatic rings. The minimum atomic E-state index is 0.170. The van der Waals surface area contributed by atoms with Crippen LogP contribution >= 0.6 is 0 Å². The number of nitrogens with one attached hydrogen (secondary N) is 1. The molecule has 0 aromatic heterocycles. The Morgan fingerprint density at radius 2 is 1.96 bits per heavy atom. The first kappa shape index (κ1) is 19.4. The Kier molecular flexibility index (Phi) is 6.00. The number of carbonyl (C=O) groups excluding carboxylic acids is 2. The Labute approximate surface area is 168 Å². The molecule has 3 heterocycles. The summed E-state index contributed by atoms with van der Waals surface area (Å²) in [6, 6.07) is 8.35. The highest BCUT2D eigenvalue weighted by Crippen LogP contribution is 2.31. The van der Waals surface area contributed by atoms with Crippen LogP contribution in [0.15, 0.2) is 24.3 Å². The standard InChI is InChI=1S/C23H33N3O2/c1-17-6-4-7-19(12-17)23(28)26-15-18-13-20(16-26)21(24-14-18)8-5-9-22(27)25-10-2-3-11-25/h4,6-7,12,18,20-21,24H,2-3,5,8-11,13-16H2,1H3.